The lowest BCUT2D eigenvalue weighted by Crippen LogP contribution is -2.57. The Morgan fingerprint density at radius 3 is 2.33 bits per heavy atom. The van der Waals surface area contributed by atoms with E-state index in [1.165, 1.54) is 0 Å². The lowest BCUT2D eigenvalue weighted by molar-refractivity contribution is -0.145. The number of aliphatic hydroxyl groups excluding tert-OH is 1. The molecule has 43 heavy (non-hydrogen) atoms. The van der Waals surface area contributed by atoms with E-state index in [0.717, 1.165) is 22.4 Å². The third-order valence-corrected chi connectivity index (χ3v) is 11.2. The molecular formula is C35H41N3O4S. The highest BCUT2D eigenvalue weighted by Crippen LogP contribution is 2.61. The van der Waals surface area contributed by atoms with Gasteiger partial charge < -0.3 is 19.8 Å². The fourth-order valence-electron chi connectivity index (χ4n) is 7.72. The van der Waals surface area contributed by atoms with Gasteiger partial charge in [-0.1, -0.05) is 86.7 Å². The van der Waals surface area contributed by atoms with Crippen molar-refractivity contribution in [1.29, 1.82) is 0 Å². The van der Waals surface area contributed by atoms with Gasteiger partial charge in [0.2, 0.25) is 11.8 Å². The molecule has 7 nitrogen and oxygen atoms in total. The molecule has 0 aromatic heterocycles. The maximum Gasteiger partial charge on any atom is 0.251 e. The van der Waals surface area contributed by atoms with E-state index in [0.29, 0.717) is 26.1 Å². The standard InChI is InChI=1S/C35H41N3O4S/c1-22(2)19-26(21-39)38-31-34(42)37(30-23(3)11-8-12-24(30)4)18-10-16-35(31)29(33(38)41)28-27(43-35)15-9-17-36(32(28)40)20-25-13-6-5-7-14-25/h5-16,22,26-29,31,39H,17-21H2,1-4H3/t26-,27+,28-,29+,31?,35+/m1/s1. The fraction of sp³-hybridized carbons (Fsp3) is 0.457. The number of thioether (sulfide) groups is 1. The van der Waals surface area contributed by atoms with Crippen LogP contribution in [0.4, 0.5) is 5.69 Å². The maximum absolute atomic E-state index is 14.9. The Hall–Kier alpha value is -3.36. The van der Waals surface area contributed by atoms with Crippen molar-refractivity contribution in [3.8, 4) is 0 Å². The number of amides is 3. The molecule has 4 heterocycles. The molecule has 2 saturated heterocycles. The van der Waals surface area contributed by atoms with Gasteiger partial charge in [-0.15, -0.1) is 11.8 Å². The van der Waals surface area contributed by atoms with Crippen LogP contribution < -0.4 is 4.90 Å². The number of nitrogens with zero attached hydrogens (tertiary/aromatic N) is 3. The average molecular weight is 600 g/mol. The summed E-state index contributed by atoms with van der Waals surface area (Å²) in [5, 5.41) is 10.4. The number of hydrogen-bond donors (Lipinski definition) is 1. The molecule has 0 radical (unpaired) electrons. The predicted molar refractivity (Wildman–Crippen MR) is 170 cm³/mol. The van der Waals surface area contributed by atoms with Gasteiger partial charge in [-0.25, -0.2) is 0 Å². The van der Waals surface area contributed by atoms with E-state index in [1.54, 1.807) is 21.6 Å². The number of aliphatic hydroxyl groups is 1. The smallest absolute Gasteiger partial charge is 0.251 e. The summed E-state index contributed by atoms with van der Waals surface area (Å²) in [5.41, 5.74) is 3.87. The second-order valence-corrected chi connectivity index (χ2v) is 14.3. The minimum atomic E-state index is -0.922. The van der Waals surface area contributed by atoms with Gasteiger partial charge in [-0.2, -0.15) is 0 Å². The average Bonchev–Trinajstić information content (AvgIpc) is 3.31. The van der Waals surface area contributed by atoms with Crippen LogP contribution >= 0.6 is 11.8 Å². The summed E-state index contributed by atoms with van der Waals surface area (Å²) in [6.07, 6.45) is 8.74. The van der Waals surface area contributed by atoms with Gasteiger partial charge >= 0.3 is 0 Å². The first-order chi connectivity index (χ1) is 20.7. The first kappa shape index (κ1) is 29.7. The van der Waals surface area contributed by atoms with E-state index in [1.807, 2.05) is 79.4 Å². The van der Waals surface area contributed by atoms with Gasteiger partial charge in [0.25, 0.3) is 5.91 Å². The van der Waals surface area contributed by atoms with Crippen molar-refractivity contribution in [3.63, 3.8) is 0 Å². The van der Waals surface area contributed by atoms with Crippen LogP contribution in [0, 0.1) is 31.6 Å². The minimum absolute atomic E-state index is 0.0525. The largest absolute Gasteiger partial charge is 0.394 e. The van der Waals surface area contributed by atoms with Crippen LogP contribution in [0.15, 0.2) is 72.8 Å². The van der Waals surface area contributed by atoms with Gasteiger partial charge in [0, 0.05) is 30.6 Å². The van der Waals surface area contributed by atoms with Crippen LogP contribution in [-0.4, -0.2) is 74.4 Å². The summed E-state index contributed by atoms with van der Waals surface area (Å²) in [5.74, 6) is -1.51. The second kappa shape index (κ2) is 11.6. The first-order valence-corrected chi connectivity index (χ1v) is 16.2. The maximum atomic E-state index is 14.9. The van der Waals surface area contributed by atoms with Crippen molar-refractivity contribution >= 4 is 35.2 Å². The van der Waals surface area contributed by atoms with Crippen LogP contribution in [0.5, 0.6) is 0 Å². The van der Waals surface area contributed by atoms with Crippen molar-refractivity contribution in [1.82, 2.24) is 9.80 Å². The lowest BCUT2D eigenvalue weighted by Gasteiger charge is -2.39. The monoisotopic (exact) mass is 599 g/mol. The summed E-state index contributed by atoms with van der Waals surface area (Å²) in [6.45, 7) is 9.20. The number of fused-ring (bicyclic) bond motifs is 2. The van der Waals surface area contributed by atoms with Crippen molar-refractivity contribution < 1.29 is 19.5 Å². The van der Waals surface area contributed by atoms with Crippen LogP contribution in [0.3, 0.4) is 0 Å². The molecule has 1 N–H and O–H groups in total. The predicted octanol–water partition coefficient (Wildman–Crippen LogP) is 4.51. The van der Waals surface area contributed by atoms with Gasteiger partial charge in [-0.05, 0) is 42.9 Å². The van der Waals surface area contributed by atoms with Gasteiger partial charge in [0.15, 0.2) is 0 Å². The molecule has 0 aliphatic carbocycles. The van der Waals surface area contributed by atoms with Gasteiger partial charge in [-0.3, -0.25) is 14.4 Å². The summed E-state index contributed by atoms with van der Waals surface area (Å²) in [4.78, 5) is 49.3. The molecular weight excluding hydrogens is 558 g/mol. The molecule has 3 amide bonds. The Labute approximate surface area is 258 Å². The highest BCUT2D eigenvalue weighted by atomic mass is 32.2. The van der Waals surface area contributed by atoms with Crippen molar-refractivity contribution in [3.05, 3.63) is 89.5 Å². The van der Waals surface area contributed by atoms with Crippen LogP contribution in [-0.2, 0) is 20.9 Å². The summed E-state index contributed by atoms with van der Waals surface area (Å²) in [7, 11) is 0. The molecule has 2 aromatic carbocycles. The molecule has 1 spiro atoms. The summed E-state index contributed by atoms with van der Waals surface area (Å²) in [6, 6.07) is 14.5. The topological polar surface area (TPSA) is 81.2 Å². The molecule has 2 fully saturated rings. The normalized spacial score (nSPS) is 29.1. The van der Waals surface area contributed by atoms with Gasteiger partial charge in [0.1, 0.15) is 6.04 Å². The first-order valence-electron chi connectivity index (χ1n) is 15.3. The number of rotatable bonds is 7. The zero-order valence-electron chi connectivity index (χ0n) is 25.3. The lowest BCUT2D eigenvalue weighted by atomic mass is 9.78. The number of aryl methyl sites for hydroxylation is 2. The van der Waals surface area contributed by atoms with Crippen LogP contribution in [0.1, 0.15) is 37.0 Å². The summed E-state index contributed by atoms with van der Waals surface area (Å²) >= 11 is 1.59. The molecule has 0 saturated carbocycles. The Balaban J connectivity index is 1.45. The van der Waals surface area contributed by atoms with Crippen LogP contribution in [0.2, 0.25) is 0 Å². The molecule has 226 valence electrons. The Kier molecular flexibility index (Phi) is 8.03. The van der Waals surface area contributed by atoms with Gasteiger partial charge in [0.05, 0.1) is 29.2 Å². The number of para-hydroxylation sites is 1. The SMILES string of the molecule is Cc1cccc(C)c1N1CC=C[C@]23S[C@H]4C=CCN(Cc5ccccc5)C(=O)[C@H]4[C@H]2C(=O)N([C@@H](CO)CC(C)C)C3C1=O. The molecule has 6 rings (SSSR count). The molecule has 6 atom stereocenters. The zero-order valence-corrected chi connectivity index (χ0v) is 26.2. The number of carbonyl (C=O) groups is 3. The fourth-order valence-corrected chi connectivity index (χ4v) is 9.71. The highest BCUT2D eigenvalue weighted by molar-refractivity contribution is 8.02. The number of carbonyl (C=O) groups excluding carboxylic acids is 3. The Bertz CT molecular complexity index is 1450. The molecule has 4 aliphatic rings. The third kappa shape index (κ3) is 4.92. The molecule has 2 aromatic rings. The Morgan fingerprint density at radius 1 is 0.930 bits per heavy atom. The van der Waals surface area contributed by atoms with E-state index in [9.17, 15) is 19.5 Å². The summed E-state index contributed by atoms with van der Waals surface area (Å²) < 4.78 is -0.922. The van der Waals surface area contributed by atoms with Crippen molar-refractivity contribution in [2.75, 3.05) is 24.6 Å². The molecule has 8 heteroatoms. The van der Waals surface area contributed by atoms with E-state index in [-0.39, 0.29) is 35.5 Å². The minimum Gasteiger partial charge on any atom is -0.394 e. The van der Waals surface area contributed by atoms with E-state index in [2.05, 4.69) is 26.0 Å². The van der Waals surface area contributed by atoms with Crippen LogP contribution in [0.25, 0.3) is 0 Å². The van der Waals surface area contributed by atoms with E-state index >= 15 is 0 Å². The third-order valence-electron chi connectivity index (χ3n) is 9.45. The van der Waals surface area contributed by atoms with Crippen molar-refractivity contribution in [2.45, 2.75) is 62.7 Å². The number of likely N-dealkylation sites (tertiary alicyclic amines) is 1. The zero-order chi connectivity index (χ0) is 30.5. The molecule has 0 bridgehead atoms. The highest BCUT2D eigenvalue weighted by Gasteiger charge is 2.71. The van der Waals surface area contributed by atoms with E-state index < -0.39 is 28.7 Å². The Morgan fingerprint density at radius 2 is 1.65 bits per heavy atom. The molecule has 1 unspecified atom stereocenters. The molecule has 4 aliphatic heterocycles. The number of anilines is 1. The van der Waals surface area contributed by atoms with E-state index in [4.69, 9.17) is 0 Å². The van der Waals surface area contributed by atoms with Crippen molar-refractivity contribution in [2.24, 2.45) is 17.8 Å². The number of benzene rings is 2. The second-order valence-electron chi connectivity index (χ2n) is 12.8. The quantitative estimate of drug-likeness (QED) is 0.474. The number of hydrogen-bond acceptors (Lipinski definition) is 5.